The van der Waals surface area contributed by atoms with Gasteiger partial charge in [0.05, 0.1) is 19.3 Å². The molecule has 1 saturated heterocycles. The molecule has 3 aliphatic carbocycles. The van der Waals surface area contributed by atoms with Gasteiger partial charge < -0.3 is 24.1 Å². The van der Waals surface area contributed by atoms with Gasteiger partial charge in [-0.2, -0.15) is 0 Å². The molecule has 0 bridgehead atoms. The van der Waals surface area contributed by atoms with E-state index in [-0.39, 0.29) is 11.5 Å². The zero-order chi connectivity index (χ0) is 28.8. The maximum absolute atomic E-state index is 8.97. The number of hydrogen-bond acceptors (Lipinski definition) is 5. The fourth-order valence-corrected chi connectivity index (χ4v) is 8.99. The first-order valence-corrected chi connectivity index (χ1v) is 16.9. The predicted molar refractivity (Wildman–Crippen MR) is 166 cm³/mol. The second-order valence-electron chi connectivity index (χ2n) is 13.5. The molecule has 0 radical (unpaired) electrons. The van der Waals surface area contributed by atoms with Crippen LogP contribution in [0.5, 0.6) is 5.75 Å². The summed E-state index contributed by atoms with van der Waals surface area (Å²) < 4.78 is 26.0. The first-order valence-electron chi connectivity index (χ1n) is 16.9. The summed E-state index contributed by atoms with van der Waals surface area (Å²) in [6.45, 7) is 5.65. The Labute approximate surface area is 253 Å². The van der Waals surface area contributed by atoms with Crippen molar-refractivity contribution in [2.45, 2.75) is 115 Å². The smallest absolute Gasteiger partial charge is 0.174 e. The molecule has 42 heavy (non-hydrogen) atoms. The Morgan fingerprint density at radius 2 is 1.62 bits per heavy atom. The lowest BCUT2D eigenvalue weighted by atomic mass is 9.53. The highest BCUT2D eigenvalue weighted by molar-refractivity contribution is 5.42. The van der Waals surface area contributed by atoms with E-state index in [2.05, 4.69) is 49.4 Å². The van der Waals surface area contributed by atoms with Crippen LogP contribution in [0.2, 0.25) is 0 Å². The topological polar surface area (TPSA) is 57.2 Å². The minimum atomic E-state index is -0.421. The highest BCUT2D eigenvalue weighted by Gasteiger charge is 2.67. The largest absolute Gasteiger partial charge is 0.489 e. The molecule has 1 heterocycles. The summed E-state index contributed by atoms with van der Waals surface area (Å²) in [4.78, 5) is 0. The fourth-order valence-electron chi connectivity index (χ4n) is 8.99. The van der Waals surface area contributed by atoms with Crippen LogP contribution in [0, 0.1) is 17.3 Å². The second kappa shape index (κ2) is 13.8. The molecular weight excluding hydrogens is 524 g/mol. The van der Waals surface area contributed by atoms with Crippen molar-refractivity contribution in [3.63, 3.8) is 0 Å². The van der Waals surface area contributed by atoms with Gasteiger partial charge in [-0.1, -0.05) is 81.8 Å². The third-order valence-electron chi connectivity index (χ3n) is 11.1. The molecule has 1 spiro atoms. The summed E-state index contributed by atoms with van der Waals surface area (Å²) in [7, 11) is 0. The van der Waals surface area contributed by atoms with E-state index in [0.29, 0.717) is 31.0 Å². The Morgan fingerprint density at radius 3 is 2.38 bits per heavy atom. The third-order valence-corrected chi connectivity index (χ3v) is 11.1. The summed E-state index contributed by atoms with van der Waals surface area (Å²) in [5.41, 5.74) is 4.13. The van der Waals surface area contributed by atoms with Crippen molar-refractivity contribution in [2.24, 2.45) is 17.3 Å². The number of ether oxygens (including phenoxy) is 4. The van der Waals surface area contributed by atoms with Gasteiger partial charge in [-0.15, -0.1) is 0 Å². The van der Waals surface area contributed by atoms with Gasteiger partial charge in [0.25, 0.3) is 0 Å². The van der Waals surface area contributed by atoms with Crippen molar-refractivity contribution in [2.75, 3.05) is 26.4 Å². The van der Waals surface area contributed by atoms with Gasteiger partial charge >= 0.3 is 0 Å². The minimum Gasteiger partial charge on any atom is -0.489 e. The van der Waals surface area contributed by atoms with Crippen molar-refractivity contribution < 1.29 is 24.1 Å². The second-order valence-corrected chi connectivity index (χ2v) is 13.5. The molecule has 230 valence electrons. The average molecular weight is 577 g/mol. The first-order chi connectivity index (χ1) is 20.6. The van der Waals surface area contributed by atoms with Crippen LogP contribution in [-0.2, 0) is 27.2 Å². The van der Waals surface area contributed by atoms with Gasteiger partial charge in [0.2, 0.25) is 0 Å². The SMILES string of the molecule is C[C@]12C[C@H](OCCCCCCCCCCO)[C@@H]3c4ccc(OCc5ccccc5)cc4CC[C@H]3[C@@H]1CCC21OCCO1. The summed E-state index contributed by atoms with van der Waals surface area (Å²) >= 11 is 0. The molecule has 1 N–H and O–H groups in total. The summed E-state index contributed by atoms with van der Waals surface area (Å²) in [6, 6.07) is 17.3. The standard InChI is InChI=1S/C37H52O5/c1-36-26-34(39-22-12-7-5-3-2-4-6-11-21-38)35-31-18-16-30(40-27-28-13-9-8-10-14-28)25-29(31)15-17-32(35)33(36)19-20-37(36)41-23-24-42-37/h8-10,13-14,16,18,25,32-35,38H,2-7,11-12,15,17,19-24,26-27H2,1H3/t32-,33-,34-,35+,36-/m0/s1. The van der Waals surface area contributed by atoms with E-state index in [1.807, 2.05) is 6.07 Å². The lowest BCUT2D eigenvalue weighted by Crippen LogP contribution is -2.56. The molecule has 2 aromatic carbocycles. The van der Waals surface area contributed by atoms with Gasteiger partial charge in [0.1, 0.15) is 12.4 Å². The quantitative estimate of drug-likeness (QED) is 0.231. The molecule has 4 aliphatic rings. The molecule has 2 aromatic rings. The molecule has 2 saturated carbocycles. The normalized spacial score (nSPS) is 29.3. The van der Waals surface area contributed by atoms with Crippen LogP contribution < -0.4 is 4.74 Å². The maximum atomic E-state index is 8.97. The van der Waals surface area contributed by atoms with Crippen LogP contribution >= 0.6 is 0 Å². The van der Waals surface area contributed by atoms with Gasteiger partial charge in [0, 0.05) is 31.0 Å². The molecule has 0 unspecified atom stereocenters. The van der Waals surface area contributed by atoms with E-state index in [4.69, 9.17) is 24.1 Å². The van der Waals surface area contributed by atoms with Crippen LogP contribution in [0.1, 0.15) is 107 Å². The summed E-state index contributed by atoms with van der Waals surface area (Å²) in [6.07, 6.45) is 15.3. The van der Waals surface area contributed by atoms with Crippen molar-refractivity contribution in [1.82, 2.24) is 0 Å². The number of aryl methyl sites for hydroxylation is 1. The van der Waals surface area contributed by atoms with E-state index >= 15 is 0 Å². The van der Waals surface area contributed by atoms with Crippen molar-refractivity contribution >= 4 is 0 Å². The van der Waals surface area contributed by atoms with Crippen LogP contribution in [-0.4, -0.2) is 43.4 Å². The summed E-state index contributed by atoms with van der Waals surface area (Å²) in [5.74, 6) is 2.18. The van der Waals surface area contributed by atoms with Crippen LogP contribution in [0.4, 0.5) is 0 Å². The van der Waals surface area contributed by atoms with Crippen LogP contribution in [0.25, 0.3) is 0 Å². The maximum Gasteiger partial charge on any atom is 0.174 e. The van der Waals surface area contributed by atoms with Gasteiger partial charge in [0.15, 0.2) is 5.79 Å². The van der Waals surface area contributed by atoms with Crippen LogP contribution in [0.15, 0.2) is 48.5 Å². The van der Waals surface area contributed by atoms with E-state index in [1.165, 1.54) is 61.6 Å². The average Bonchev–Trinajstić information content (AvgIpc) is 3.62. The Morgan fingerprint density at radius 1 is 0.881 bits per heavy atom. The van der Waals surface area contributed by atoms with Crippen molar-refractivity contribution in [3.05, 3.63) is 65.2 Å². The molecule has 5 atom stereocenters. The van der Waals surface area contributed by atoms with E-state index < -0.39 is 5.79 Å². The lowest BCUT2D eigenvalue weighted by Gasteiger charge is -2.55. The Kier molecular flexibility index (Phi) is 9.90. The molecule has 5 heteroatoms. The number of unbranched alkanes of at least 4 members (excludes halogenated alkanes) is 7. The van der Waals surface area contributed by atoms with Crippen molar-refractivity contribution in [1.29, 1.82) is 0 Å². The monoisotopic (exact) mass is 576 g/mol. The van der Waals surface area contributed by atoms with E-state index in [0.717, 1.165) is 64.1 Å². The first kappa shape index (κ1) is 30.1. The van der Waals surface area contributed by atoms with Gasteiger partial charge in [-0.05, 0) is 79.2 Å². The van der Waals surface area contributed by atoms with E-state index in [1.54, 1.807) is 0 Å². The predicted octanol–water partition coefficient (Wildman–Crippen LogP) is 7.97. The number of rotatable bonds is 14. The fraction of sp³-hybridized carbons (Fsp3) is 0.676. The molecule has 3 fully saturated rings. The molecule has 1 aliphatic heterocycles. The molecule has 6 rings (SSSR count). The van der Waals surface area contributed by atoms with Gasteiger partial charge in [-0.3, -0.25) is 0 Å². The number of hydrogen-bond donors (Lipinski definition) is 1. The zero-order valence-corrected chi connectivity index (χ0v) is 25.7. The number of benzene rings is 2. The molecule has 5 nitrogen and oxygen atoms in total. The minimum absolute atomic E-state index is 0.000140. The molecule has 0 aromatic heterocycles. The van der Waals surface area contributed by atoms with Crippen molar-refractivity contribution in [3.8, 4) is 5.75 Å². The van der Waals surface area contributed by atoms with Gasteiger partial charge in [-0.25, -0.2) is 0 Å². The third kappa shape index (κ3) is 6.18. The number of fused-ring (bicyclic) bond motifs is 6. The number of aliphatic hydroxyl groups is 1. The Balaban J connectivity index is 1.13. The zero-order valence-electron chi connectivity index (χ0n) is 25.7. The molecular formula is C37H52O5. The number of aliphatic hydroxyl groups excluding tert-OH is 1. The summed E-state index contributed by atoms with van der Waals surface area (Å²) in [5, 5.41) is 8.97. The Hall–Kier alpha value is -1.92. The molecule has 0 amide bonds. The highest BCUT2D eigenvalue weighted by Crippen LogP contribution is 2.66. The van der Waals surface area contributed by atoms with Crippen LogP contribution in [0.3, 0.4) is 0 Å². The highest BCUT2D eigenvalue weighted by atomic mass is 16.7. The Bertz CT molecular complexity index is 1130. The van der Waals surface area contributed by atoms with E-state index in [9.17, 15) is 0 Å². The lowest BCUT2D eigenvalue weighted by molar-refractivity contribution is -0.249.